The number of fused-ring (bicyclic) bond motifs is 1. The maximum Gasteiger partial charge on any atom is 0.299 e. The zero-order valence-electron chi connectivity index (χ0n) is 13.8. The number of unbranched alkanes of at least 4 members (excludes halogenated alkanes) is 2. The summed E-state index contributed by atoms with van der Waals surface area (Å²) in [7, 11) is 1.49. The number of aryl methyl sites for hydroxylation is 1. The number of pyridine rings is 1. The summed E-state index contributed by atoms with van der Waals surface area (Å²) in [4.78, 5) is 15.1. The third kappa shape index (κ3) is 3.52. The minimum Gasteiger partial charge on any atom is -0.493 e. The van der Waals surface area contributed by atoms with Crippen molar-refractivity contribution in [1.29, 1.82) is 0 Å². The zero-order chi connectivity index (χ0) is 16.8. The lowest BCUT2D eigenvalue weighted by Crippen LogP contribution is -2.03. The molecule has 0 aliphatic rings. The SMILES string of the molecule is CCCCCOc1c(OC)cc([N+](=O)[O-])c2nccc(CC)c12. The molecule has 0 atom stereocenters. The van der Waals surface area contributed by atoms with E-state index in [0.29, 0.717) is 29.0 Å². The molecule has 0 amide bonds. The van der Waals surface area contributed by atoms with Gasteiger partial charge in [-0.2, -0.15) is 0 Å². The van der Waals surface area contributed by atoms with Crippen molar-refractivity contribution in [3.8, 4) is 11.5 Å². The standard InChI is InChI=1S/C17H22N2O4/c1-4-6-7-10-23-17-14(22-3)11-13(19(20)21)16-15(17)12(5-2)8-9-18-16/h8-9,11H,4-7,10H2,1-3H3. The number of nitro groups is 1. The zero-order valence-corrected chi connectivity index (χ0v) is 13.8. The van der Waals surface area contributed by atoms with Gasteiger partial charge in [0.25, 0.3) is 5.69 Å². The van der Waals surface area contributed by atoms with Crippen molar-refractivity contribution in [3.63, 3.8) is 0 Å². The van der Waals surface area contributed by atoms with Gasteiger partial charge < -0.3 is 9.47 Å². The first-order valence-electron chi connectivity index (χ1n) is 7.89. The fourth-order valence-electron chi connectivity index (χ4n) is 2.59. The Labute approximate surface area is 135 Å². The van der Waals surface area contributed by atoms with Crippen LogP contribution < -0.4 is 9.47 Å². The van der Waals surface area contributed by atoms with E-state index in [1.54, 1.807) is 6.20 Å². The Bertz CT molecular complexity index is 701. The Kier molecular flexibility index (Phi) is 5.73. The van der Waals surface area contributed by atoms with Gasteiger partial charge in [-0.25, -0.2) is 4.98 Å². The molecule has 2 aromatic rings. The van der Waals surface area contributed by atoms with E-state index in [4.69, 9.17) is 9.47 Å². The van der Waals surface area contributed by atoms with Crippen LogP contribution in [0.5, 0.6) is 11.5 Å². The van der Waals surface area contributed by atoms with Crippen LogP contribution in [0.15, 0.2) is 18.3 Å². The van der Waals surface area contributed by atoms with Crippen LogP contribution in [-0.2, 0) is 6.42 Å². The van der Waals surface area contributed by atoms with E-state index in [0.717, 1.165) is 31.2 Å². The molecule has 0 aliphatic heterocycles. The van der Waals surface area contributed by atoms with Crippen LogP contribution in [-0.4, -0.2) is 23.6 Å². The number of methoxy groups -OCH3 is 1. The van der Waals surface area contributed by atoms with Gasteiger partial charge in [-0.3, -0.25) is 10.1 Å². The summed E-state index contributed by atoms with van der Waals surface area (Å²) in [6.07, 6.45) is 5.44. The average molecular weight is 318 g/mol. The van der Waals surface area contributed by atoms with Crippen LogP contribution in [0.3, 0.4) is 0 Å². The van der Waals surface area contributed by atoms with Gasteiger partial charge in [-0.1, -0.05) is 26.7 Å². The van der Waals surface area contributed by atoms with Crippen LogP contribution in [0.25, 0.3) is 10.9 Å². The molecule has 0 bridgehead atoms. The third-order valence-corrected chi connectivity index (χ3v) is 3.79. The van der Waals surface area contributed by atoms with E-state index in [9.17, 15) is 10.1 Å². The molecule has 1 aromatic carbocycles. The van der Waals surface area contributed by atoms with Crippen LogP contribution in [0.2, 0.25) is 0 Å². The van der Waals surface area contributed by atoms with Crippen LogP contribution in [0, 0.1) is 10.1 Å². The molecule has 0 unspecified atom stereocenters. The second-order valence-electron chi connectivity index (χ2n) is 5.29. The predicted octanol–water partition coefficient (Wildman–Crippen LogP) is 4.28. The largest absolute Gasteiger partial charge is 0.493 e. The minimum atomic E-state index is -0.432. The van der Waals surface area contributed by atoms with Crippen molar-refractivity contribution in [2.45, 2.75) is 39.5 Å². The molecule has 6 heteroatoms. The van der Waals surface area contributed by atoms with Gasteiger partial charge in [0.05, 0.1) is 30.1 Å². The molecule has 23 heavy (non-hydrogen) atoms. The third-order valence-electron chi connectivity index (χ3n) is 3.79. The highest BCUT2D eigenvalue weighted by Gasteiger charge is 2.23. The number of aromatic nitrogens is 1. The number of nitro benzene ring substituents is 1. The fourth-order valence-corrected chi connectivity index (χ4v) is 2.59. The maximum absolute atomic E-state index is 11.4. The molecular weight excluding hydrogens is 296 g/mol. The van der Waals surface area contributed by atoms with Crippen molar-refractivity contribution >= 4 is 16.6 Å². The van der Waals surface area contributed by atoms with E-state index >= 15 is 0 Å². The Morgan fingerprint density at radius 3 is 2.70 bits per heavy atom. The topological polar surface area (TPSA) is 74.5 Å². The van der Waals surface area contributed by atoms with Crippen molar-refractivity contribution < 1.29 is 14.4 Å². The highest BCUT2D eigenvalue weighted by molar-refractivity contribution is 5.97. The van der Waals surface area contributed by atoms with Gasteiger partial charge in [-0.05, 0) is 24.5 Å². The monoisotopic (exact) mass is 318 g/mol. The Balaban J connectivity index is 2.62. The van der Waals surface area contributed by atoms with E-state index in [1.807, 2.05) is 13.0 Å². The quantitative estimate of drug-likeness (QED) is 0.412. The fraction of sp³-hybridized carbons (Fsp3) is 0.471. The van der Waals surface area contributed by atoms with Crippen molar-refractivity contribution in [1.82, 2.24) is 4.98 Å². The molecule has 0 saturated heterocycles. The van der Waals surface area contributed by atoms with E-state index in [2.05, 4.69) is 11.9 Å². The number of nitrogens with zero attached hydrogens (tertiary/aromatic N) is 2. The molecule has 1 heterocycles. The number of hydrogen-bond acceptors (Lipinski definition) is 5. The molecule has 0 radical (unpaired) electrons. The van der Waals surface area contributed by atoms with Gasteiger partial charge >= 0.3 is 0 Å². The number of hydrogen-bond donors (Lipinski definition) is 0. The number of benzene rings is 1. The molecule has 0 saturated carbocycles. The number of non-ortho nitro benzene ring substituents is 1. The normalized spacial score (nSPS) is 10.7. The summed E-state index contributed by atoms with van der Waals surface area (Å²) in [5.74, 6) is 0.928. The predicted molar refractivity (Wildman–Crippen MR) is 89.3 cm³/mol. The molecule has 6 nitrogen and oxygen atoms in total. The van der Waals surface area contributed by atoms with Crippen LogP contribution in [0.1, 0.15) is 38.7 Å². The van der Waals surface area contributed by atoms with E-state index in [1.165, 1.54) is 13.2 Å². The molecule has 124 valence electrons. The first-order valence-corrected chi connectivity index (χ1v) is 7.89. The second kappa shape index (κ2) is 7.76. The Hall–Kier alpha value is -2.37. The van der Waals surface area contributed by atoms with Crippen molar-refractivity contribution in [2.75, 3.05) is 13.7 Å². The smallest absolute Gasteiger partial charge is 0.299 e. The van der Waals surface area contributed by atoms with E-state index in [-0.39, 0.29) is 5.69 Å². The summed E-state index contributed by atoms with van der Waals surface area (Å²) >= 11 is 0. The molecule has 2 rings (SSSR count). The lowest BCUT2D eigenvalue weighted by atomic mass is 10.0. The van der Waals surface area contributed by atoms with Crippen molar-refractivity contribution in [2.24, 2.45) is 0 Å². The summed E-state index contributed by atoms with van der Waals surface area (Å²) in [5, 5.41) is 12.0. The first kappa shape index (κ1) is 17.0. The Morgan fingerprint density at radius 1 is 1.30 bits per heavy atom. The lowest BCUT2D eigenvalue weighted by Gasteiger charge is -2.15. The highest BCUT2D eigenvalue weighted by atomic mass is 16.6. The number of rotatable bonds is 8. The first-order chi connectivity index (χ1) is 11.1. The molecule has 0 N–H and O–H groups in total. The van der Waals surface area contributed by atoms with Gasteiger partial charge in [0.15, 0.2) is 17.0 Å². The van der Waals surface area contributed by atoms with Gasteiger partial charge in [-0.15, -0.1) is 0 Å². The van der Waals surface area contributed by atoms with Gasteiger partial charge in [0.1, 0.15) is 0 Å². The molecule has 0 aliphatic carbocycles. The second-order valence-corrected chi connectivity index (χ2v) is 5.29. The average Bonchev–Trinajstić information content (AvgIpc) is 2.57. The van der Waals surface area contributed by atoms with Crippen molar-refractivity contribution in [3.05, 3.63) is 34.0 Å². The lowest BCUT2D eigenvalue weighted by molar-refractivity contribution is -0.383. The highest BCUT2D eigenvalue weighted by Crippen LogP contribution is 2.42. The van der Waals surface area contributed by atoms with Crippen LogP contribution in [0.4, 0.5) is 5.69 Å². The Morgan fingerprint density at radius 2 is 2.09 bits per heavy atom. The van der Waals surface area contributed by atoms with Gasteiger partial charge in [0, 0.05) is 6.20 Å². The molecule has 0 fully saturated rings. The molecule has 0 spiro atoms. The summed E-state index contributed by atoms with van der Waals surface area (Å²) in [6.45, 7) is 4.68. The molecular formula is C17H22N2O4. The maximum atomic E-state index is 11.4. The summed E-state index contributed by atoms with van der Waals surface area (Å²) in [6, 6.07) is 3.26. The minimum absolute atomic E-state index is 0.0620. The summed E-state index contributed by atoms with van der Waals surface area (Å²) in [5.41, 5.74) is 1.25. The van der Waals surface area contributed by atoms with E-state index < -0.39 is 4.92 Å². The van der Waals surface area contributed by atoms with Gasteiger partial charge in [0.2, 0.25) is 0 Å². The summed E-state index contributed by atoms with van der Waals surface area (Å²) < 4.78 is 11.3. The number of ether oxygens (including phenoxy) is 2. The molecule has 1 aromatic heterocycles. The van der Waals surface area contributed by atoms with Crippen LogP contribution >= 0.6 is 0 Å².